The largest absolute Gasteiger partial charge is 0.464 e. The number of furan rings is 1. The fourth-order valence-corrected chi connectivity index (χ4v) is 4.11. The number of hydrogen-bond acceptors (Lipinski definition) is 5. The van der Waals surface area contributed by atoms with Crippen LogP contribution in [0.15, 0.2) is 71.5 Å². The first kappa shape index (κ1) is 21.3. The fraction of sp³-hybridized carbons (Fsp3) is 0.167. The van der Waals surface area contributed by atoms with Gasteiger partial charge in [-0.25, -0.2) is 0 Å². The van der Waals surface area contributed by atoms with Gasteiger partial charge in [-0.05, 0) is 66.5 Å². The van der Waals surface area contributed by atoms with Crippen molar-refractivity contribution in [3.8, 4) is 11.3 Å². The van der Waals surface area contributed by atoms with Crippen molar-refractivity contribution < 1.29 is 9.21 Å². The van der Waals surface area contributed by atoms with Gasteiger partial charge in [0, 0.05) is 46.4 Å². The average molecular weight is 452 g/mol. The predicted molar refractivity (Wildman–Crippen MR) is 130 cm³/mol. The Morgan fingerprint density at radius 3 is 2.61 bits per heavy atom. The molecule has 0 atom stereocenters. The molecule has 0 aliphatic carbocycles. The Morgan fingerprint density at radius 2 is 1.90 bits per heavy atom. The van der Waals surface area contributed by atoms with Crippen LogP contribution in [-0.4, -0.2) is 23.2 Å². The van der Waals surface area contributed by atoms with Crippen LogP contribution in [0.2, 0.25) is 5.02 Å². The molecular weight excluding hydrogens is 430 g/mol. The minimum atomic E-state index is -0.171. The summed E-state index contributed by atoms with van der Waals surface area (Å²) in [6, 6.07) is 16.7. The number of carbonyl (C=O) groups is 1. The Labute approximate surface area is 190 Å². The van der Waals surface area contributed by atoms with Gasteiger partial charge < -0.3 is 14.0 Å². The molecule has 0 saturated carbocycles. The highest BCUT2D eigenvalue weighted by atomic mass is 35.5. The highest BCUT2D eigenvalue weighted by molar-refractivity contribution is 8.02. The molecule has 1 amide bonds. The molecule has 1 aliphatic rings. The van der Waals surface area contributed by atoms with E-state index in [1.54, 1.807) is 42.6 Å². The van der Waals surface area contributed by atoms with Crippen molar-refractivity contribution in [3.05, 3.63) is 77.6 Å². The minimum Gasteiger partial charge on any atom is -0.464 e. The van der Waals surface area contributed by atoms with Gasteiger partial charge >= 0.3 is 0 Å². The highest BCUT2D eigenvalue weighted by Gasteiger charge is 2.17. The van der Waals surface area contributed by atoms with E-state index in [2.05, 4.69) is 14.6 Å². The van der Waals surface area contributed by atoms with Crippen molar-refractivity contribution >= 4 is 51.8 Å². The summed E-state index contributed by atoms with van der Waals surface area (Å²) in [5, 5.41) is 4.38. The lowest BCUT2D eigenvalue weighted by Crippen LogP contribution is -2.28. The molecule has 5 nitrogen and oxygen atoms in total. The molecule has 5 rings (SSSR count). The van der Waals surface area contributed by atoms with E-state index >= 15 is 0 Å². The molecule has 31 heavy (non-hydrogen) atoms. The van der Waals surface area contributed by atoms with E-state index in [4.69, 9.17) is 16.0 Å². The molecule has 7 heteroatoms. The molecule has 3 heterocycles. The lowest BCUT2D eigenvalue weighted by Gasteiger charge is -2.31. The number of anilines is 2. The van der Waals surface area contributed by atoms with Gasteiger partial charge in [0.1, 0.15) is 5.58 Å². The van der Waals surface area contributed by atoms with Gasteiger partial charge in [-0.2, -0.15) is 0 Å². The van der Waals surface area contributed by atoms with Crippen molar-refractivity contribution in [1.82, 2.24) is 4.98 Å². The van der Waals surface area contributed by atoms with Gasteiger partial charge in [-0.1, -0.05) is 25.4 Å². The molecule has 2 aromatic carbocycles. The Bertz CT molecular complexity index is 1200. The lowest BCUT2D eigenvalue weighted by molar-refractivity contribution is 0.102. The van der Waals surface area contributed by atoms with E-state index in [1.165, 1.54) is 0 Å². The van der Waals surface area contributed by atoms with E-state index in [1.807, 2.05) is 50.2 Å². The molecule has 0 spiro atoms. The zero-order valence-corrected chi connectivity index (χ0v) is 18.8. The zero-order chi connectivity index (χ0) is 21.8. The van der Waals surface area contributed by atoms with Gasteiger partial charge in [-0.15, -0.1) is 0 Å². The molecule has 0 radical (unpaired) electrons. The summed E-state index contributed by atoms with van der Waals surface area (Å²) in [5.41, 5.74) is 4.56. The van der Waals surface area contributed by atoms with Gasteiger partial charge in [0.25, 0.3) is 5.91 Å². The third kappa shape index (κ3) is 4.40. The normalized spacial score (nSPS) is 12.7. The Kier molecular flexibility index (Phi) is 6.49. The maximum atomic E-state index is 12.7. The number of aromatic nitrogens is 1. The molecular formula is C24H22ClN3O2S. The molecule has 2 aromatic heterocycles. The smallest absolute Gasteiger partial charge is 0.255 e. The van der Waals surface area contributed by atoms with Crippen molar-refractivity contribution in [2.24, 2.45) is 0 Å². The highest BCUT2D eigenvalue weighted by Crippen LogP contribution is 2.34. The van der Waals surface area contributed by atoms with Gasteiger partial charge in [0.15, 0.2) is 0 Å². The maximum absolute atomic E-state index is 12.7. The number of pyridine rings is 1. The number of nitrogens with one attached hydrogen (secondary N) is 1. The summed E-state index contributed by atoms with van der Waals surface area (Å²) in [4.78, 5) is 17.2. The molecule has 0 unspecified atom stereocenters. The van der Waals surface area contributed by atoms with E-state index in [-0.39, 0.29) is 5.91 Å². The summed E-state index contributed by atoms with van der Waals surface area (Å²) in [7, 11) is 0. The minimum absolute atomic E-state index is 0.171. The van der Waals surface area contributed by atoms with Crippen molar-refractivity contribution in [2.75, 3.05) is 21.9 Å². The number of fused-ring (bicyclic) bond motifs is 1. The fourth-order valence-electron chi connectivity index (χ4n) is 3.26. The van der Waals surface area contributed by atoms with Crippen LogP contribution in [0.4, 0.5) is 11.4 Å². The average Bonchev–Trinajstić information content (AvgIpc) is 3.25. The van der Waals surface area contributed by atoms with Crippen LogP contribution in [-0.2, 0) is 0 Å². The Balaban J connectivity index is 0.00000112. The van der Waals surface area contributed by atoms with Crippen LogP contribution in [0.5, 0.6) is 0 Å². The molecule has 158 valence electrons. The van der Waals surface area contributed by atoms with Crippen LogP contribution in [0, 0.1) is 0 Å². The Hall–Kier alpha value is -2.96. The SMILES string of the molecule is CC.O=C(Nc1ccc(Cl)c(-c2nccc3occc23)c1)c1ccc(N2CCS2)cc1. The first-order chi connectivity index (χ1) is 15.2. The molecule has 1 aliphatic heterocycles. The van der Waals surface area contributed by atoms with Crippen molar-refractivity contribution in [2.45, 2.75) is 13.8 Å². The van der Waals surface area contributed by atoms with E-state index in [0.29, 0.717) is 22.0 Å². The number of halogens is 1. The first-order valence-corrected chi connectivity index (χ1v) is 11.4. The predicted octanol–water partition coefficient (Wildman–Crippen LogP) is 6.89. The molecule has 1 N–H and O–H groups in total. The standard InChI is InChI=1S/C22H16ClN3O2S.C2H6/c23-19-6-3-15(13-18(19)21-17-8-11-28-20(17)7-9-24-21)25-22(27)14-1-4-16(5-2-14)26-10-12-29-26;1-2/h1-9,11,13H,10,12H2,(H,25,27);1-2H3. The number of nitrogens with zero attached hydrogens (tertiary/aromatic N) is 2. The summed E-state index contributed by atoms with van der Waals surface area (Å²) in [6.07, 6.45) is 3.30. The van der Waals surface area contributed by atoms with Crippen LogP contribution in [0.1, 0.15) is 24.2 Å². The second-order valence-corrected chi connectivity index (χ2v) is 8.14. The van der Waals surface area contributed by atoms with Gasteiger partial charge in [0.2, 0.25) is 0 Å². The van der Waals surface area contributed by atoms with Crippen molar-refractivity contribution in [3.63, 3.8) is 0 Å². The summed E-state index contributed by atoms with van der Waals surface area (Å²) < 4.78 is 7.66. The Morgan fingerprint density at radius 1 is 1.13 bits per heavy atom. The summed E-state index contributed by atoms with van der Waals surface area (Å²) in [6.45, 7) is 5.04. The molecule has 1 fully saturated rings. The monoisotopic (exact) mass is 451 g/mol. The second-order valence-electron chi connectivity index (χ2n) is 6.62. The van der Waals surface area contributed by atoms with Crippen LogP contribution in [0.25, 0.3) is 22.2 Å². The molecule has 1 saturated heterocycles. The third-order valence-electron chi connectivity index (χ3n) is 4.82. The number of hydrogen-bond donors (Lipinski definition) is 1. The zero-order valence-electron chi connectivity index (χ0n) is 17.3. The second kappa shape index (κ2) is 9.45. The summed E-state index contributed by atoms with van der Waals surface area (Å²) in [5.74, 6) is 0.971. The molecule has 4 aromatic rings. The van der Waals surface area contributed by atoms with Crippen LogP contribution in [0.3, 0.4) is 0 Å². The number of rotatable bonds is 4. The topological polar surface area (TPSA) is 58.4 Å². The van der Waals surface area contributed by atoms with Crippen LogP contribution >= 0.6 is 23.5 Å². The van der Waals surface area contributed by atoms with Crippen LogP contribution < -0.4 is 9.62 Å². The number of benzene rings is 2. The van der Waals surface area contributed by atoms with Gasteiger partial charge in [0.05, 0.1) is 17.0 Å². The van der Waals surface area contributed by atoms with E-state index in [0.717, 1.165) is 34.5 Å². The quantitative estimate of drug-likeness (QED) is 0.342. The summed E-state index contributed by atoms with van der Waals surface area (Å²) >= 11 is 8.21. The first-order valence-electron chi connectivity index (χ1n) is 10.1. The third-order valence-corrected chi connectivity index (χ3v) is 6.22. The van der Waals surface area contributed by atoms with E-state index in [9.17, 15) is 4.79 Å². The number of carbonyl (C=O) groups excluding carboxylic acids is 1. The van der Waals surface area contributed by atoms with E-state index < -0.39 is 0 Å². The maximum Gasteiger partial charge on any atom is 0.255 e. The molecule has 0 bridgehead atoms. The van der Waals surface area contributed by atoms with Crippen molar-refractivity contribution in [1.29, 1.82) is 0 Å². The lowest BCUT2D eigenvalue weighted by atomic mass is 10.1. The van der Waals surface area contributed by atoms with Gasteiger partial charge in [-0.3, -0.25) is 9.78 Å². The number of amides is 1.